The lowest BCUT2D eigenvalue weighted by molar-refractivity contribution is -0.144. The molecule has 1 aromatic heterocycles. The first kappa shape index (κ1) is 20.0. The molecule has 0 unspecified atom stereocenters. The van der Waals surface area contributed by atoms with Gasteiger partial charge < -0.3 is 9.84 Å². The number of carboxylic acid groups (broad SMARTS) is 1. The molecule has 0 radical (unpaired) electrons. The predicted molar refractivity (Wildman–Crippen MR) is 106 cm³/mol. The van der Waals surface area contributed by atoms with Crippen LogP contribution in [0.1, 0.15) is 27.7 Å². The summed E-state index contributed by atoms with van der Waals surface area (Å²) in [5, 5.41) is 16.8. The summed E-state index contributed by atoms with van der Waals surface area (Å²) in [5.74, 6) is -2.66. The summed E-state index contributed by atoms with van der Waals surface area (Å²) in [7, 11) is 0. The van der Waals surface area contributed by atoms with Crippen LogP contribution in [0.4, 0.5) is 10.7 Å². The van der Waals surface area contributed by atoms with Crippen molar-refractivity contribution in [1.82, 2.24) is 20.7 Å². The van der Waals surface area contributed by atoms with Crippen LogP contribution in [-0.2, 0) is 14.4 Å². The molecule has 158 valence electrons. The molecule has 0 spiro atoms. The second kappa shape index (κ2) is 8.63. The summed E-state index contributed by atoms with van der Waals surface area (Å²) < 4.78 is 5.37. The third-order valence-electron chi connectivity index (χ3n) is 4.62. The van der Waals surface area contributed by atoms with E-state index in [1.165, 1.54) is 0 Å². The number of hydrogen-bond acceptors (Lipinski definition) is 7. The summed E-state index contributed by atoms with van der Waals surface area (Å²) in [6.45, 7) is -0.606. The molecular formula is C20H17N5O6. The highest BCUT2D eigenvalue weighted by Gasteiger charge is 2.29. The maximum Gasteiger partial charge on any atom is 0.414 e. The fraction of sp³-hybridized carbons (Fsp3) is 0.150. The average Bonchev–Trinajstić information content (AvgIpc) is 3.35. The number of carboxylic acids is 1. The second-order valence-electron chi connectivity index (χ2n) is 6.57. The molecule has 11 heteroatoms. The Labute approximate surface area is 175 Å². The standard InChI is InChI=1S/C20H17N5O6/c26-16(27)10-31-25-18(28)17-21-19(24-23-17)22-20(29)30-9-15-13-7-3-1-5-11(13)12-6-2-4-8-14(12)15/h1-8,15H,9-10H2,(H,25,28)(H,26,27)(H2,21,22,23,24,29). The van der Waals surface area contributed by atoms with Crippen molar-refractivity contribution in [1.29, 1.82) is 0 Å². The lowest BCUT2D eigenvalue weighted by Crippen LogP contribution is -2.27. The SMILES string of the molecule is O=C(O)CONC(=O)c1nc(NC(=O)OCC2c3ccccc3-c3ccccc32)n[nH]1. The molecule has 1 heterocycles. The number of aliphatic carboxylic acids is 1. The average molecular weight is 423 g/mol. The quantitative estimate of drug-likeness (QED) is 0.420. The third-order valence-corrected chi connectivity index (χ3v) is 4.62. The molecule has 1 aliphatic carbocycles. The summed E-state index contributed by atoms with van der Waals surface area (Å²) in [5.41, 5.74) is 6.26. The largest absolute Gasteiger partial charge is 0.479 e. The van der Waals surface area contributed by atoms with E-state index in [9.17, 15) is 14.4 Å². The molecule has 2 aromatic carbocycles. The zero-order valence-corrected chi connectivity index (χ0v) is 16.0. The van der Waals surface area contributed by atoms with Gasteiger partial charge in [-0.3, -0.25) is 20.0 Å². The van der Waals surface area contributed by atoms with E-state index < -0.39 is 24.6 Å². The van der Waals surface area contributed by atoms with Crippen LogP contribution in [-0.4, -0.2) is 51.5 Å². The number of ether oxygens (including phenoxy) is 1. The van der Waals surface area contributed by atoms with Crippen molar-refractivity contribution in [3.05, 3.63) is 65.5 Å². The first-order valence-electron chi connectivity index (χ1n) is 9.21. The number of anilines is 1. The minimum atomic E-state index is -1.25. The van der Waals surface area contributed by atoms with E-state index in [1.807, 2.05) is 54.0 Å². The summed E-state index contributed by atoms with van der Waals surface area (Å²) in [6, 6.07) is 15.9. The summed E-state index contributed by atoms with van der Waals surface area (Å²) >= 11 is 0. The number of fused-ring (bicyclic) bond motifs is 3. The first-order chi connectivity index (χ1) is 15.0. The number of benzene rings is 2. The van der Waals surface area contributed by atoms with Crippen LogP contribution in [0.15, 0.2) is 48.5 Å². The smallest absolute Gasteiger partial charge is 0.414 e. The van der Waals surface area contributed by atoms with Gasteiger partial charge in [-0.2, -0.15) is 4.98 Å². The van der Waals surface area contributed by atoms with Crippen molar-refractivity contribution >= 4 is 23.9 Å². The van der Waals surface area contributed by atoms with Crippen LogP contribution in [0.25, 0.3) is 11.1 Å². The van der Waals surface area contributed by atoms with Crippen LogP contribution in [0.2, 0.25) is 0 Å². The molecule has 11 nitrogen and oxygen atoms in total. The first-order valence-corrected chi connectivity index (χ1v) is 9.21. The fourth-order valence-electron chi connectivity index (χ4n) is 3.36. The van der Waals surface area contributed by atoms with Crippen molar-refractivity contribution in [3.63, 3.8) is 0 Å². The molecule has 1 aliphatic rings. The highest BCUT2D eigenvalue weighted by atomic mass is 16.7. The topological polar surface area (TPSA) is 156 Å². The molecule has 4 rings (SSSR count). The van der Waals surface area contributed by atoms with E-state index >= 15 is 0 Å². The van der Waals surface area contributed by atoms with Crippen LogP contribution in [0.5, 0.6) is 0 Å². The Morgan fingerprint density at radius 2 is 1.68 bits per heavy atom. The van der Waals surface area contributed by atoms with E-state index in [4.69, 9.17) is 9.84 Å². The minimum absolute atomic E-state index is 0.0991. The van der Waals surface area contributed by atoms with Crippen LogP contribution in [0.3, 0.4) is 0 Å². The predicted octanol–water partition coefficient (Wildman–Crippen LogP) is 1.91. The lowest BCUT2D eigenvalue weighted by atomic mass is 9.98. The molecule has 4 N–H and O–H groups in total. The molecule has 0 fully saturated rings. The molecule has 0 atom stereocenters. The maximum absolute atomic E-state index is 12.2. The van der Waals surface area contributed by atoms with Crippen molar-refractivity contribution in [2.75, 3.05) is 18.5 Å². The van der Waals surface area contributed by atoms with E-state index in [0.717, 1.165) is 22.3 Å². The van der Waals surface area contributed by atoms with E-state index in [-0.39, 0.29) is 24.3 Å². The number of hydroxylamine groups is 1. The van der Waals surface area contributed by atoms with E-state index in [1.54, 1.807) is 0 Å². The summed E-state index contributed by atoms with van der Waals surface area (Å²) in [4.78, 5) is 42.6. The number of hydrogen-bond donors (Lipinski definition) is 4. The van der Waals surface area contributed by atoms with Crippen LogP contribution < -0.4 is 10.8 Å². The Hall–Kier alpha value is -4.25. The Morgan fingerprint density at radius 3 is 2.32 bits per heavy atom. The van der Waals surface area contributed by atoms with E-state index in [0.29, 0.717) is 0 Å². The second-order valence-corrected chi connectivity index (χ2v) is 6.57. The van der Waals surface area contributed by atoms with Gasteiger partial charge in [0, 0.05) is 5.92 Å². The molecule has 31 heavy (non-hydrogen) atoms. The summed E-state index contributed by atoms with van der Waals surface area (Å²) in [6.07, 6.45) is -0.782. The van der Waals surface area contributed by atoms with Crippen molar-refractivity contribution in [2.24, 2.45) is 0 Å². The normalized spacial score (nSPS) is 12.0. The molecule has 3 aromatic rings. The molecule has 0 aliphatic heterocycles. The Bertz CT molecular complexity index is 1100. The van der Waals surface area contributed by atoms with Crippen LogP contribution >= 0.6 is 0 Å². The molecule has 0 bridgehead atoms. The Morgan fingerprint density at radius 1 is 1.03 bits per heavy atom. The van der Waals surface area contributed by atoms with Gasteiger partial charge in [-0.05, 0) is 22.3 Å². The number of carbonyl (C=O) groups excluding carboxylic acids is 2. The number of carbonyl (C=O) groups is 3. The van der Waals surface area contributed by atoms with Gasteiger partial charge in [0.15, 0.2) is 6.61 Å². The third kappa shape index (κ3) is 4.36. The van der Waals surface area contributed by atoms with Gasteiger partial charge in [0.05, 0.1) is 0 Å². The number of nitrogens with one attached hydrogen (secondary N) is 3. The number of amides is 2. The van der Waals surface area contributed by atoms with Crippen molar-refractivity contribution in [2.45, 2.75) is 5.92 Å². The monoisotopic (exact) mass is 423 g/mol. The molecule has 2 amide bonds. The van der Waals surface area contributed by atoms with Gasteiger partial charge >= 0.3 is 18.0 Å². The number of aromatic amines is 1. The maximum atomic E-state index is 12.2. The van der Waals surface area contributed by atoms with Crippen molar-refractivity contribution < 1.29 is 29.1 Å². The van der Waals surface area contributed by atoms with Gasteiger partial charge in [0.1, 0.15) is 6.61 Å². The minimum Gasteiger partial charge on any atom is -0.479 e. The number of nitrogens with zero attached hydrogens (tertiary/aromatic N) is 2. The highest BCUT2D eigenvalue weighted by molar-refractivity contribution is 5.90. The number of aromatic nitrogens is 3. The van der Waals surface area contributed by atoms with Gasteiger partial charge in [0.25, 0.3) is 5.95 Å². The Kier molecular flexibility index (Phi) is 5.58. The Balaban J connectivity index is 1.35. The highest BCUT2D eigenvalue weighted by Crippen LogP contribution is 2.44. The zero-order valence-electron chi connectivity index (χ0n) is 16.0. The number of H-pyrrole nitrogens is 1. The van der Waals surface area contributed by atoms with Gasteiger partial charge in [0.2, 0.25) is 5.82 Å². The zero-order chi connectivity index (χ0) is 21.8. The van der Waals surface area contributed by atoms with Gasteiger partial charge in [-0.1, -0.05) is 48.5 Å². The van der Waals surface area contributed by atoms with Crippen molar-refractivity contribution in [3.8, 4) is 11.1 Å². The van der Waals surface area contributed by atoms with Gasteiger partial charge in [-0.15, -0.1) is 5.10 Å². The molecular weight excluding hydrogens is 406 g/mol. The van der Waals surface area contributed by atoms with E-state index in [2.05, 4.69) is 25.3 Å². The number of rotatable bonds is 7. The fourth-order valence-corrected chi connectivity index (χ4v) is 3.36. The van der Waals surface area contributed by atoms with Crippen LogP contribution in [0, 0.1) is 0 Å². The lowest BCUT2D eigenvalue weighted by Gasteiger charge is -2.13. The van der Waals surface area contributed by atoms with Gasteiger partial charge in [-0.25, -0.2) is 15.1 Å². The molecule has 0 saturated heterocycles. The molecule has 0 saturated carbocycles.